The first-order chi connectivity index (χ1) is 13.5. The van der Waals surface area contributed by atoms with Crippen LogP contribution in [0.15, 0.2) is 58.1 Å². The van der Waals surface area contributed by atoms with Gasteiger partial charge in [0.25, 0.3) is 0 Å². The Hall–Kier alpha value is -2.67. The van der Waals surface area contributed by atoms with Gasteiger partial charge in [0, 0.05) is 17.8 Å². The van der Waals surface area contributed by atoms with Crippen molar-refractivity contribution in [2.24, 2.45) is 5.10 Å². The fraction of sp³-hybridized carbons (Fsp3) is 0.286. The van der Waals surface area contributed by atoms with Crippen molar-refractivity contribution in [1.29, 1.82) is 0 Å². The van der Waals surface area contributed by atoms with Crippen LogP contribution < -0.4 is 4.74 Å². The van der Waals surface area contributed by atoms with Crippen molar-refractivity contribution in [2.45, 2.75) is 26.3 Å². The Morgan fingerprint density at radius 3 is 2.64 bits per heavy atom. The Labute approximate surface area is 172 Å². The molecule has 146 valence electrons. The van der Waals surface area contributed by atoms with E-state index in [1.807, 2.05) is 42.5 Å². The number of carbonyl (C=O) groups excluding carboxylic acids is 2. The number of amides is 1. The maximum Gasteiger partial charge on any atom is 0.344 e. The summed E-state index contributed by atoms with van der Waals surface area (Å²) in [6, 6.07) is 15.0. The van der Waals surface area contributed by atoms with Crippen molar-refractivity contribution >= 4 is 33.5 Å². The third kappa shape index (κ3) is 4.78. The maximum atomic E-state index is 12.2. The van der Waals surface area contributed by atoms with Gasteiger partial charge in [0.2, 0.25) is 5.91 Å². The molecule has 6 nitrogen and oxygen atoms in total. The highest BCUT2D eigenvalue weighted by Crippen LogP contribution is 2.34. The lowest BCUT2D eigenvalue weighted by atomic mass is 9.98. The highest BCUT2D eigenvalue weighted by molar-refractivity contribution is 9.10. The summed E-state index contributed by atoms with van der Waals surface area (Å²) in [4.78, 5) is 23.7. The van der Waals surface area contributed by atoms with E-state index in [2.05, 4.69) is 21.0 Å². The molecule has 0 saturated carbocycles. The molecule has 1 aliphatic heterocycles. The number of rotatable bonds is 6. The molecule has 7 heteroatoms. The smallest absolute Gasteiger partial charge is 0.344 e. The number of halogens is 1. The molecule has 1 amide bonds. The minimum absolute atomic E-state index is 0.130. The van der Waals surface area contributed by atoms with Gasteiger partial charge in [-0.25, -0.2) is 9.80 Å². The van der Waals surface area contributed by atoms with Gasteiger partial charge in [-0.3, -0.25) is 4.79 Å². The predicted octanol–water partition coefficient (Wildman–Crippen LogP) is 4.09. The lowest BCUT2D eigenvalue weighted by Gasteiger charge is -2.21. The fourth-order valence-electron chi connectivity index (χ4n) is 3.03. The third-order valence-corrected chi connectivity index (χ3v) is 4.84. The summed E-state index contributed by atoms with van der Waals surface area (Å²) in [7, 11) is 0. The Kier molecular flexibility index (Phi) is 6.46. The quantitative estimate of drug-likeness (QED) is 0.629. The van der Waals surface area contributed by atoms with Gasteiger partial charge in [-0.1, -0.05) is 40.2 Å². The van der Waals surface area contributed by atoms with Crippen LogP contribution in [0.1, 0.15) is 37.4 Å². The van der Waals surface area contributed by atoms with E-state index in [0.717, 1.165) is 21.3 Å². The molecule has 2 aromatic rings. The zero-order chi connectivity index (χ0) is 20.1. The highest BCUT2D eigenvalue weighted by Gasteiger charge is 2.31. The van der Waals surface area contributed by atoms with Crippen molar-refractivity contribution in [3.8, 4) is 5.75 Å². The second-order valence-corrected chi connectivity index (χ2v) is 7.22. The number of carbonyl (C=O) groups is 2. The van der Waals surface area contributed by atoms with E-state index < -0.39 is 5.97 Å². The first kappa shape index (κ1) is 20.1. The van der Waals surface area contributed by atoms with Crippen molar-refractivity contribution in [3.63, 3.8) is 0 Å². The van der Waals surface area contributed by atoms with Crippen molar-refractivity contribution < 1.29 is 19.1 Å². The molecular weight excluding hydrogens is 424 g/mol. The van der Waals surface area contributed by atoms with Crippen LogP contribution in [-0.4, -0.2) is 35.8 Å². The third-order valence-electron chi connectivity index (χ3n) is 4.32. The molecule has 0 fully saturated rings. The van der Waals surface area contributed by atoms with Crippen LogP contribution in [0.2, 0.25) is 0 Å². The van der Waals surface area contributed by atoms with Crippen molar-refractivity contribution in [1.82, 2.24) is 5.01 Å². The van der Waals surface area contributed by atoms with Crippen LogP contribution in [0.25, 0.3) is 0 Å². The number of ether oxygens (including phenoxy) is 2. The van der Waals surface area contributed by atoms with E-state index >= 15 is 0 Å². The van der Waals surface area contributed by atoms with Crippen LogP contribution in [0.3, 0.4) is 0 Å². The molecule has 0 radical (unpaired) electrons. The molecule has 2 aromatic carbocycles. The van der Waals surface area contributed by atoms with Gasteiger partial charge in [0.15, 0.2) is 6.61 Å². The number of benzene rings is 2. The van der Waals surface area contributed by atoms with Gasteiger partial charge in [-0.2, -0.15) is 5.10 Å². The van der Waals surface area contributed by atoms with Crippen LogP contribution in [0, 0.1) is 0 Å². The Balaban J connectivity index is 1.78. The molecule has 1 heterocycles. The van der Waals surface area contributed by atoms with Crippen molar-refractivity contribution in [2.75, 3.05) is 13.2 Å². The minimum Gasteiger partial charge on any atom is -0.482 e. The topological polar surface area (TPSA) is 68.2 Å². The van der Waals surface area contributed by atoms with Gasteiger partial charge in [-0.05, 0) is 42.3 Å². The summed E-state index contributed by atoms with van der Waals surface area (Å²) >= 11 is 3.43. The van der Waals surface area contributed by atoms with Gasteiger partial charge in [0.1, 0.15) is 5.75 Å². The van der Waals surface area contributed by atoms with Gasteiger partial charge >= 0.3 is 5.97 Å². The van der Waals surface area contributed by atoms with Crippen LogP contribution in [-0.2, 0) is 14.3 Å². The normalized spacial score (nSPS) is 15.9. The van der Waals surface area contributed by atoms with E-state index in [1.165, 1.54) is 11.9 Å². The molecule has 0 spiro atoms. The number of hydrazone groups is 1. The lowest BCUT2D eigenvalue weighted by molar-refractivity contribution is -0.145. The molecule has 3 rings (SSSR count). The van der Waals surface area contributed by atoms with Crippen molar-refractivity contribution in [3.05, 3.63) is 64.1 Å². The van der Waals surface area contributed by atoms with E-state index in [4.69, 9.17) is 9.47 Å². The molecule has 1 atom stereocenters. The summed E-state index contributed by atoms with van der Waals surface area (Å²) in [5, 5.41) is 6.05. The van der Waals surface area contributed by atoms with E-state index in [-0.39, 0.29) is 18.6 Å². The van der Waals surface area contributed by atoms with E-state index in [1.54, 1.807) is 13.0 Å². The fourth-order valence-corrected chi connectivity index (χ4v) is 3.30. The zero-order valence-corrected chi connectivity index (χ0v) is 17.3. The van der Waals surface area contributed by atoms with Gasteiger partial charge in [0.05, 0.1) is 18.4 Å². The first-order valence-corrected chi connectivity index (χ1v) is 9.79. The van der Waals surface area contributed by atoms with E-state index in [0.29, 0.717) is 18.8 Å². The molecule has 0 aliphatic carbocycles. The van der Waals surface area contributed by atoms with Crippen LogP contribution in [0.5, 0.6) is 5.75 Å². The summed E-state index contributed by atoms with van der Waals surface area (Å²) in [6.07, 6.45) is 0.600. The minimum atomic E-state index is -0.417. The van der Waals surface area contributed by atoms with Gasteiger partial charge in [-0.15, -0.1) is 0 Å². The molecular formula is C21H21BrN2O4. The standard InChI is InChI=1S/C21H21BrN2O4/c1-3-27-21(26)13-28-18-6-4-5-16(11-18)20-12-19(23-24(20)14(2)25)15-7-9-17(22)10-8-15/h4-11,20H,3,12-13H2,1-2H3. The SMILES string of the molecule is CCOC(=O)COc1cccc(C2CC(c3ccc(Br)cc3)=NN2C(C)=O)c1. The second-order valence-electron chi connectivity index (χ2n) is 6.30. The summed E-state index contributed by atoms with van der Waals surface area (Å²) in [6.45, 7) is 3.41. The Morgan fingerprint density at radius 2 is 1.96 bits per heavy atom. The first-order valence-electron chi connectivity index (χ1n) is 8.99. The van der Waals surface area contributed by atoms with E-state index in [9.17, 15) is 9.59 Å². The molecule has 0 aromatic heterocycles. The molecule has 1 unspecified atom stereocenters. The number of esters is 1. The number of nitrogens with zero attached hydrogens (tertiary/aromatic N) is 2. The number of hydrogen-bond donors (Lipinski definition) is 0. The zero-order valence-electron chi connectivity index (χ0n) is 15.7. The Morgan fingerprint density at radius 1 is 1.21 bits per heavy atom. The average molecular weight is 445 g/mol. The second kappa shape index (κ2) is 9.01. The summed E-state index contributed by atoms with van der Waals surface area (Å²) in [5.74, 6) is 0.00101. The average Bonchev–Trinajstić information content (AvgIpc) is 3.13. The number of hydrogen-bond acceptors (Lipinski definition) is 5. The summed E-state index contributed by atoms with van der Waals surface area (Å²) in [5.41, 5.74) is 2.73. The Bertz CT molecular complexity index is 896. The molecule has 28 heavy (non-hydrogen) atoms. The largest absolute Gasteiger partial charge is 0.482 e. The highest BCUT2D eigenvalue weighted by atomic mass is 79.9. The summed E-state index contributed by atoms with van der Waals surface area (Å²) < 4.78 is 11.4. The maximum absolute atomic E-state index is 12.2. The van der Waals surface area contributed by atoms with Crippen LogP contribution >= 0.6 is 15.9 Å². The monoisotopic (exact) mass is 444 g/mol. The van der Waals surface area contributed by atoms with Crippen LogP contribution in [0.4, 0.5) is 0 Å². The predicted molar refractivity (Wildman–Crippen MR) is 109 cm³/mol. The molecule has 0 saturated heterocycles. The molecule has 1 aliphatic rings. The molecule has 0 N–H and O–H groups in total. The van der Waals surface area contributed by atoms with Gasteiger partial charge < -0.3 is 9.47 Å². The molecule has 0 bridgehead atoms. The lowest BCUT2D eigenvalue weighted by Crippen LogP contribution is -2.24.